The quantitative estimate of drug-likeness (QED) is 0.764. The van der Waals surface area contributed by atoms with Gasteiger partial charge >= 0.3 is 0 Å². The number of hydrogen-bond acceptors (Lipinski definition) is 2. The summed E-state index contributed by atoms with van der Waals surface area (Å²) in [4.78, 5) is 14.4. The van der Waals surface area contributed by atoms with Gasteiger partial charge in [0.15, 0.2) is 0 Å². The number of anilines is 1. The lowest BCUT2D eigenvalue weighted by molar-refractivity contribution is -0.134. The second kappa shape index (κ2) is 4.84. The Bertz CT molecular complexity index is 481. The Balaban J connectivity index is 1.72. The largest absolute Gasteiger partial charge is 0.384 e. The molecule has 1 amide bonds. The van der Waals surface area contributed by atoms with Crippen LogP contribution in [0.1, 0.15) is 12.0 Å². The molecular formula is C15H18N2O. The molecule has 0 fully saturated rings. The van der Waals surface area contributed by atoms with E-state index in [-0.39, 0.29) is 5.92 Å². The normalized spacial score (nSPS) is 22.2. The van der Waals surface area contributed by atoms with Crippen molar-refractivity contribution < 1.29 is 4.79 Å². The first-order chi connectivity index (χ1) is 8.84. The summed E-state index contributed by atoms with van der Waals surface area (Å²) in [7, 11) is 0. The van der Waals surface area contributed by atoms with E-state index in [4.69, 9.17) is 0 Å². The third kappa shape index (κ3) is 2.13. The Morgan fingerprint density at radius 1 is 1.28 bits per heavy atom. The molecule has 1 unspecified atom stereocenters. The van der Waals surface area contributed by atoms with Gasteiger partial charge < -0.3 is 10.2 Å². The molecule has 0 aromatic heterocycles. The molecule has 1 atom stereocenters. The van der Waals surface area contributed by atoms with Gasteiger partial charge in [0.2, 0.25) is 5.91 Å². The van der Waals surface area contributed by atoms with Gasteiger partial charge in [0.05, 0.1) is 5.92 Å². The number of nitrogens with one attached hydrogen (secondary N) is 1. The van der Waals surface area contributed by atoms with E-state index in [9.17, 15) is 4.79 Å². The van der Waals surface area contributed by atoms with E-state index in [0.29, 0.717) is 5.91 Å². The lowest BCUT2D eigenvalue weighted by Gasteiger charge is -2.31. The molecule has 1 N–H and O–H groups in total. The van der Waals surface area contributed by atoms with Gasteiger partial charge in [-0.25, -0.2) is 0 Å². The Hall–Kier alpha value is -1.77. The molecule has 1 aromatic rings. The van der Waals surface area contributed by atoms with Gasteiger partial charge in [-0.05, 0) is 24.5 Å². The fourth-order valence-corrected chi connectivity index (χ4v) is 2.72. The third-order valence-electron chi connectivity index (χ3n) is 3.74. The number of carbonyl (C=O) groups is 1. The van der Waals surface area contributed by atoms with Gasteiger partial charge in [-0.3, -0.25) is 4.79 Å². The molecule has 2 heterocycles. The van der Waals surface area contributed by atoms with Crippen molar-refractivity contribution in [2.24, 2.45) is 5.92 Å². The van der Waals surface area contributed by atoms with Crippen LogP contribution >= 0.6 is 0 Å². The Morgan fingerprint density at radius 3 is 3.00 bits per heavy atom. The SMILES string of the molecule is O=C(C1CNc2ccccc2C1)N1CC=CCC1. The van der Waals surface area contributed by atoms with Crippen molar-refractivity contribution in [3.8, 4) is 0 Å². The van der Waals surface area contributed by atoms with Crippen LogP contribution in [0.15, 0.2) is 36.4 Å². The van der Waals surface area contributed by atoms with Crippen LogP contribution in [0.2, 0.25) is 0 Å². The van der Waals surface area contributed by atoms with E-state index >= 15 is 0 Å². The Morgan fingerprint density at radius 2 is 2.17 bits per heavy atom. The lowest BCUT2D eigenvalue weighted by atomic mass is 9.92. The van der Waals surface area contributed by atoms with Gasteiger partial charge in [0.25, 0.3) is 0 Å². The average molecular weight is 242 g/mol. The summed E-state index contributed by atoms with van der Waals surface area (Å²) < 4.78 is 0. The molecule has 0 spiro atoms. The maximum absolute atomic E-state index is 12.4. The molecule has 0 aliphatic carbocycles. The lowest BCUT2D eigenvalue weighted by Crippen LogP contribution is -2.42. The monoisotopic (exact) mass is 242 g/mol. The number of nitrogens with zero attached hydrogens (tertiary/aromatic N) is 1. The van der Waals surface area contributed by atoms with E-state index in [1.807, 2.05) is 17.0 Å². The first kappa shape index (κ1) is 11.3. The van der Waals surface area contributed by atoms with E-state index in [2.05, 4.69) is 29.6 Å². The minimum Gasteiger partial charge on any atom is -0.384 e. The molecule has 3 rings (SSSR count). The van der Waals surface area contributed by atoms with Crippen molar-refractivity contribution in [1.82, 2.24) is 4.90 Å². The predicted molar refractivity (Wildman–Crippen MR) is 72.5 cm³/mol. The first-order valence-electron chi connectivity index (χ1n) is 6.60. The van der Waals surface area contributed by atoms with Gasteiger partial charge in [-0.1, -0.05) is 30.4 Å². The highest BCUT2D eigenvalue weighted by molar-refractivity contribution is 5.81. The van der Waals surface area contributed by atoms with Crippen LogP contribution in [0.5, 0.6) is 0 Å². The van der Waals surface area contributed by atoms with Crippen molar-refractivity contribution in [1.29, 1.82) is 0 Å². The van der Waals surface area contributed by atoms with E-state index < -0.39 is 0 Å². The molecule has 3 nitrogen and oxygen atoms in total. The van der Waals surface area contributed by atoms with E-state index in [0.717, 1.165) is 32.5 Å². The highest BCUT2D eigenvalue weighted by Crippen LogP contribution is 2.25. The molecule has 1 aromatic carbocycles. The summed E-state index contributed by atoms with van der Waals surface area (Å²) in [5, 5.41) is 3.37. The van der Waals surface area contributed by atoms with Crippen LogP contribution < -0.4 is 5.32 Å². The number of fused-ring (bicyclic) bond motifs is 1. The minimum atomic E-state index is 0.0893. The number of hydrogen-bond donors (Lipinski definition) is 1. The maximum Gasteiger partial charge on any atom is 0.228 e. The number of carbonyl (C=O) groups excluding carboxylic acids is 1. The molecule has 3 heteroatoms. The van der Waals surface area contributed by atoms with Gasteiger partial charge in [-0.2, -0.15) is 0 Å². The Labute approximate surface area is 107 Å². The van der Waals surface area contributed by atoms with E-state index in [1.165, 1.54) is 11.3 Å². The maximum atomic E-state index is 12.4. The molecule has 2 aliphatic heterocycles. The van der Waals surface area contributed by atoms with Crippen molar-refractivity contribution >= 4 is 11.6 Å². The van der Waals surface area contributed by atoms with Gasteiger partial charge in [0, 0.05) is 25.3 Å². The number of amides is 1. The molecule has 0 saturated carbocycles. The second-order valence-corrected chi connectivity index (χ2v) is 4.98. The molecule has 0 saturated heterocycles. The van der Waals surface area contributed by atoms with Crippen molar-refractivity contribution in [2.75, 3.05) is 25.0 Å². The predicted octanol–water partition coefficient (Wildman–Crippen LogP) is 2.06. The van der Waals surface area contributed by atoms with Crippen LogP contribution in [-0.4, -0.2) is 30.4 Å². The van der Waals surface area contributed by atoms with Crippen LogP contribution in [0, 0.1) is 5.92 Å². The molecule has 0 bridgehead atoms. The average Bonchev–Trinajstić information content (AvgIpc) is 2.47. The third-order valence-corrected chi connectivity index (χ3v) is 3.74. The molecule has 18 heavy (non-hydrogen) atoms. The number of rotatable bonds is 1. The summed E-state index contributed by atoms with van der Waals surface area (Å²) in [5.41, 5.74) is 2.44. The summed E-state index contributed by atoms with van der Waals surface area (Å²) in [6.07, 6.45) is 6.09. The second-order valence-electron chi connectivity index (χ2n) is 4.98. The fraction of sp³-hybridized carbons (Fsp3) is 0.400. The van der Waals surface area contributed by atoms with Gasteiger partial charge in [-0.15, -0.1) is 0 Å². The molecular weight excluding hydrogens is 224 g/mol. The summed E-state index contributed by atoms with van der Waals surface area (Å²) in [6.45, 7) is 2.40. The zero-order valence-corrected chi connectivity index (χ0v) is 10.4. The number of benzene rings is 1. The van der Waals surface area contributed by atoms with Crippen molar-refractivity contribution in [3.05, 3.63) is 42.0 Å². The van der Waals surface area contributed by atoms with Crippen LogP contribution in [0.25, 0.3) is 0 Å². The van der Waals surface area contributed by atoms with Crippen molar-refractivity contribution in [3.63, 3.8) is 0 Å². The minimum absolute atomic E-state index is 0.0893. The highest BCUT2D eigenvalue weighted by Gasteiger charge is 2.27. The standard InChI is InChI=1S/C15H18N2O/c18-15(17-8-4-1-5-9-17)13-10-12-6-2-3-7-14(12)16-11-13/h1-4,6-7,13,16H,5,8-11H2. The first-order valence-corrected chi connectivity index (χ1v) is 6.60. The Kier molecular flexibility index (Phi) is 3.05. The molecule has 0 radical (unpaired) electrons. The molecule has 94 valence electrons. The van der Waals surface area contributed by atoms with Crippen LogP contribution in [0.4, 0.5) is 5.69 Å². The summed E-state index contributed by atoms with van der Waals surface area (Å²) in [5.74, 6) is 0.382. The highest BCUT2D eigenvalue weighted by atomic mass is 16.2. The number of para-hydroxylation sites is 1. The van der Waals surface area contributed by atoms with Crippen molar-refractivity contribution in [2.45, 2.75) is 12.8 Å². The zero-order chi connectivity index (χ0) is 12.4. The zero-order valence-electron chi connectivity index (χ0n) is 10.4. The van der Waals surface area contributed by atoms with E-state index in [1.54, 1.807) is 0 Å². The molecule has 2 aliphatic rings. The smallest absolute Gasteiger partial charge is 0.228 e. The topological polar surface area (TPSA) is 32.3 Å². The summed E-state index contributed by atoms with van der Waals surface area (Å²) >= 11 is 0. The summed E-state index contributed by atoms with van der Waals surface area (Å²) in [6, 6.07) is 8.26. The van der Waals surface area contributed by atoms with Gasteiger partial charge in [0.1, 0.15) is 0 Å². The van der Waals surface area contributed by atoms with Crippen LogP contribution in [0.3, 0.4) is 0 Å². The fourth-order valence-electron chi connectivity index (χ4n) is 2.72. The van der Waals surface area contributed by atoms with Crippen LogP contribution in [-0.2, 0) is 11.2 Å².